The van der Waals surface area contributed by atoms with E-state index in [9.17, 15) is 9.18 Å². The molecule has 3 atom stereocenters. The number of amides is 1. The van der Waals surface area contributed by atoms with Crippen molar-refractivity contribution in [2.24, 2.45) is 17.3 Å². The number of aromatic amines is 1. The fourth-order valence-electron chi connectivity index (χ4n) is 3.88. The molecule has 172 valence electrons. The Balaban J connectivity index is 1.76. The molecule has 32 heavy (non-hydrogen) atoms. The molecule has 0 fully saturated rings. The van der Waals surface area contributed by atoms with Gasteiger partial charge < -0.3 is 10.3 Å². The number of nitrogens with one attached hydrogen (secondary N) is 2. The van der Waals surface area contributed by atoms with E-state index in [1.54, 1.807) is 24.4 Å². The molecule has 2 heterocycles. The predicted octanol–water partition coefficient (Wildman–Crippen LogP) is 6.37. The van der Waals surface area contributed by atoms with Crippen LogP contribution in [0.3, 0.4) is 0 Å². The Morgan fingerprint density at radius 1 is 1.12 bits per heavy atom. The Morgan fingerprint density at radius 3 is 2.44 bits per heavy atom. The van der Waals surface area contributed by atoms with Crippen LogP contribution in [0.2, 0.25) is 0 Å². The number of imidazole rings is 1. The molecule has 6 heteroatoms. The lowest BCUT2D eigenvalue weighted by atomic mass is 9.77. The minimum absolute atomic E-state index is 0.0948. The smallest absolute Gasteiger partial charge is 0.253 e. The van der Waals surface area contributed by atoms with E-state index in [1.807, 2.05) is 0 Å². The van der Waals surface area contributed by atoms with Gasteiger partial charge in [-0.2, -0.15) is 0 Å². The van der Waals surface area contributed by atoms with Crippen LogP contribution in [-0.2, 0) is 0 Å². The predicted molar refractivity (Wildman–Crippen MR) is 128 cm³/mol. The highest BCUT2D eigenvalue weighted by Crippen LogP contribution is 2.31. The Morgan fingerprint density at radius 2 is 1.81 bits per heavy atom. The minimum atomic E-state index is -0.306. The van der Waals surface area contributed by atoms with Gasteiger partial charge in [-0.15, -0.1) is 0 Å². The second-order valence-corrected chi connectivity index (χ2v) is 9.96. The molecular formula is C26H35FN4O. The molecule has 0 saturated heterocycles. The molecule has 1 aromatic carbocycles. The third-order valence-corrected chi connectivity index (χ3v) is 6.73. The van der Waals surface area contributed by atoms with Crippen LogP contribution < -0.4 is 5.32 Å². The summed E-state index contributed by atoms with van der Waals surface area (Å²) >= 11 is 0. The van der Waals surface area contributed by atoms with Gasteiger partial charge in [0.1, 0.15) is 11.6 Å². The summed E-state index contributed by atoms with van der Waals surface area (Å²) in [7, 11) is 0. The van der Waals surface area contributed by atoms with Crippen molar-refractivity contribution in [3.63, 3.8) is 0 Å². The molecule has 1 amide bonds. The van der Waals surface area contributed by atoms with Gasteiger partial charge in [-0.3, -0.25) is 4.79 Å². The Kier molecular flexibility index (Phi) is 7.32. The van der Waals surface area contributed by atoms with Gasteiger partial charge in [0.25, 0.3) is 5.91 Å². The number of halogens is 1. The van der Waals surface area contributed by atoms with Crippen molar-refractivity contribution in [1.82, 2.24) is 20.3 Å². The summed E-state index contributed by atoms with van der Waals surface area (Å²) in [6, 6.07) is 7.88. The van der Waals surface area contributed by atoms with Crippen LogP contribution in [0.1, 0.15) is 71.2 Å². The first-order chi connectivity index (χ1) is 15.1. The molecule has 0 bridgehead atoms. The first-order valence-corrected chi connectivity index (χ1v) is 11.5. The maximum Gasteiger partial charge on any atom is 0.253 e. The van der Waals surface area contributed by atoms with E-state index in [1.165, 1.54) is 12.1 Å². The van der Waals surface area contributed by atoms with Crippen LogP contribution in [0.4, 0.5) is 4.39 Å². The number of aromatic nitrogens is 3. The number of nitrogens with zero attached hydrogens (tertiary/aromatic N) is 2. The quantitative estimate of drug-likeness (QED) is 0.429. The summed E-state index contributed by atoms with van der Waals surface area (Å²) in [6.45, 7) is 13.5. The molecular weight excluding hydrogens is 403 g/mol. The molecule has 0 aliphatic heterocycles. The first kappa shape index (κ1) is 23.9. The van der Waals surface area contributed by atoms with E-state index in [0.717, 1.165) is 24.8 Å². The molecule has 3 rings (SSSR count). The van der Waals surface area contributed by atoms with Crippen molar-refractivity contribution < 1.29 is 9.18 Å². The third kappa shape index (κ3) is 5.53. The molecule has 0 spiro atoms. The van der Waals surface area contributed by atoms with Crippen molar-refractivity contribution in [2.75, 3.05) is 0 Å². The highest BCUT2D eigenvalue weighted by Gasteiger charge is 2.24. The number of H-pyrrole nitrogens is 1. The number of carbonyl (C=O) groups excluding carboxylic acids is 1. The number of rotatable bonds is 8. The van der Waals surface area contributed by atoms with Gasteiger partial charge in [0.05, 0.1) is 11.1 Å². The van der Waals surface area contributed by atoms with Crippen LogP contribution in [0, 0.1) is 23.1 Å². The molecule has 2 aromatic heterocycles. The maximum absolute atomic E-state index is 13.3. The zero-order valence-electron chi connectivity index (χ0n) is 20.0. The zero-order valence-corrected chi connectivity index (χ0v) is 20.0. The molecule has 2 N–H and O–H groups in total. The second-order valence-electron chi connectivity index (χ2n) is 9.96. The Labute approximate surface area is 190 Å². The van der Waals surface area contributed by atoms with E-state index in [0.29, 0.717) is 34.4 Å². The van der Waals surface area contributed by atoms with E-state index < -0.39 is 0 Å². The average Bonchev–Trinajstić information content (AvgIpc) is 3.19. The highest BCUT2D eigenvalue weighted by atomic mass is 19.1. The van der Waals surface area contributed by atoms with Gasteiger partial charge in [-0.25, -0.2) is 14.4 Å². The number of fused-ring (bicyclic) bond motifs is 1. The normalized spacial score (nSPS) is 14.8. The third-order valence-electron chi connectivity index (χ3n) is 6.73. The molecule has 0 radical (unpaired) electrons. The average molecular weight is 439 g/mol. The molecule has 0 saturated carbocycles. The largest absolute Gasteiger partial charge is 0.349 e. The molecule has 3 unspecified atom stereocenters. The van der Waals surface area contributed by atoms with Crippen LogP contribution >= 0.6 is 0 Å². The minimum Gasteiger partial charge on any atom is -0.349 e. The number of carbonyl (C=O) groups is 1. The summed E-state index contributed by atoms with van der Waals surface area (Å²) in [5.41, 5.74) is 2.61. The van der Waals surface area contributed by atoms with Crippen molar-refractivity contribution >= 4 is 17.1 Å². The number of pyridine rings is 1. The number of benzene rings is 1. The summed E-state index contributed by atoms with van der Waals surface area (Å²) in [6.07, 6.45) is 4.68. The van der Waals surface area contributed by atoms with E-state index in [2.05, 4.69) is 61.8 Å². The Bertz CT molecular complexity index is 1050. The van der Waals surface area contributed by atoms with Crippen LogP contribution in [0.15, 0.2) is 36.5 Å². The lowest BCUT2D eigenvalue weighted by Gasteiger charge is -2.30. The fraction of sp³-hybridized carbons (Fsp3) is 0.500. The van der Waals surface area contributed by atoms with Crippen molar-refractivity contribution in [3.8, 4) is 11.4 Å². The maximum atomic E-state index is 13.3. The molecule has 0 aliphatic carbocycles. The van der Waals surface area contributed by atoms with Gasteiger partial charge >= 0.3 is 0 Å². The van der Waals surface area contributed by atoms with E-state index in [4.69, 9.17) is 0 Å². The molecule has 0 aliphatic rings. The van der Waals surface area contributed by atoms with Crippen LogP contribution in [0.5, 0.6) is 0 Å². The molecule has 5 nitrogen and oxygen atoms in total. The van der Waals surface area contributed by atoms with Crippen LogP contribution in [-0.4, -0.2) is 26.9 Å². The SMILES string of the molecule is CCC(NC(=O)c1ccnc2nc(-c3ccc(F)cc3)[nH]c12)C(C)CCC(C)C(C)(C)C. The van der Waals surface area contributed by atoms with Gasteiger partial charge in [0.15, 0.2) is 5.65 Å². The van der Waals surface area contributed by atoms with E-state index >= 15 is 0 Å². The second kappa shape index (κ2) is 9.80. The van der Waals surface area contributed by atoms with Gasteiger partial charge in [-0.1, -0.05) is 41.5 Å². The standard InChI is InChI=1S/C26H35FN4O/c1-7-21(16(2)8-9-17(3)26(4,5)6)29-25(32)20-14-15-28-24-22(20)30-23(31-24)18-10-12-19(27)13-11-18/h10-17,21H,7-9H2,1-6H3,(H,29,32)(H,28,30,31). The topological polar surface area (TPSA) is 70.7 Å². The van der Waals surface area contributed by atoms with Crippen molar-refractivity contribution in [2.45, 2.75) is 66.8 Å². The monoisotopic (exact) mass is 438 g/mol. The number of hydrogen-bond acceptors (Lipinski definition) is 3. The number of hydrogen-bond donors (Lipinski definition) is 2. The summed E-state index contributed by atoms with van der Waals surface area (Å²) in [4.78, 5) is 25.2. The zero-order chi connectivity index (χ0) is 23.5. The highest BCUT2D eigenvalue weighted by molar-refractivity contribution is 6.04. The lowest BCUT2D eigenvalue weighted by Crippen LogP contribution is -2.39. The lowest BCUT2D eigenvalue weighted by molar-refractivity contribution is 0.0919. The fourth-order valence-corrected chi connectivity index (χ4v) is 3.88. The molecule has 3 aromatic rings. The summed E-state index contributed by atoms with van der Waals surface area (Å²) in [5.74, 6) is 1.12. The van der Waals surface area contributed by atoms with Crippen molar-refractivity contribution in [3.05, 3.63) is 47.9 Å². The van der Waals surface area contributed by atoms with Gasteiger partial charge in [0, 0.05) is 17.8 Å². The first-order valence-electron chi connectivity index (χ1n) is 11.5. The van der Waals surface area contributed by atoms with Gasteiger partial charge in [0.2, 0.25) is 0 Å². The van der Waals surface area contributed by atoms with Crippen molar-refractivity contribution in [1.29, 1.82) is 0 Å². The van der Waals surface area contributed by atoms with E-state index in [-0.39, 0.29) is 23.2 Å². The van der Waals surface area contributed by atoms with Crippen LogP contribution in [0.25, 0.3) is 22.6 Å². The summed E-state index contributed by atoms with van der Waals surface area (Å²) in [5, 5.41) is 3.23. The Hall–Kier alpha value is -2.76. The summed E-state index contributed by atoms with van der Waals surface area (Å²) < 4.78 is 13.3. The van der Waals surface area contributed by atoms with Gasteiger partial charge in [-0.05, 0) is 66.8 Å².